The molecule has 0 saturated carbocycles. The molecule has 0 aromatic rings. The summed E-state index contributed by atoms with van der Waals surface area (Å²) in [6.45, 7) is 12.6. The van der Waals surface area contributed by atoms with E-state index in [9.17, 15) is 0 Å². The fourth-order valence-corrected chi connectivity index (χ4v) is 1.31. The maximum absolute atomic E-state index is 5.80. The molecule has 2 N–H and O–H groups in total. The Balaban J connectivity index is 2.68. The first-order valence-corrected chi connectivity index (χ1v) is 5.03. The van der Waals surface area contributed by atoms with E-state index in [4.69, 9.17) is 15.0 Å². The Labute approximate surface area is 86.8 Å². The highest BCUT2D eigenvalue weighted by Crippen LogP contribution is 2.38. The minimum absolute atomic E-state index is 0.283. The highest BCUT2D eigenvalue weighted by molar-refractivity contribution is 6.54. The number of nitrogens with two attached hydrogens (primary N) is 1. The second kappa shape index (κ2) is 3.68. The summed E-state index contributed by atoms with van der Waals surface area (Å²) in [6.07, 6.45) is 0.747. The molecule has 0 aliphatic carbocycles. The molecule has 14 heavy (non-hydrogen) atoms. The van der Waals surface area contributed by atoms with E-state index >= 15 is 0 Å². The fourth-order valence-electron chi connectivity index (χ4n) is 1.31. The summed E-state index contributed by atoms with van der Waals surface area (Å²) >= 11 is 0. The van der Waals surface area contributed by atoms with E-state index in [2.05, 4.69) is 6.58 Å². The van der Waals surface area contributed by atoms with Gasteiger partial charge in [-0.15, -0.1) is 6.58 Å². The molecule has 0 aromatic heterocycles. The van der Waals surface area contributed by atoms with Gasteiger partial charge in [-0.2, -0.15) is 0 Å². The van der Waals surface area contributed by atoms with Crippen LogP contribution in [0.4, 0.5) is 0 Å². The molecule has 0 bridgehead atoms. The lowest BCUT2D eigenvalue weighted by atomic mass is 9.77. The smallest absolute Gasteiger partial charge is 0.400 e. The molecule has 1 saturated heterocycles. The fraction of sp³-hybridized carbons (Fsp3) is 0.800. The van der Waals surface area contributed by atoms with E-state index in [0.717, 1.165) is 11.9 Å². The average Bonchev–Trinajstić information content (AvgIpc) is 2.22. The molecular formula is C10H20BNO2. The summed E-state index contributed by atoms with van der Waals surface area (Å²) in [7, 11) is -0.302. The number of rotatable bonds is 3. The maximum atomic E-state index is 5.80. The van der Waals surface area contributed by atoms with Crippen LogP contribution in [-0.2, 0) is 9.31 Å². The van der Waals surface area contributed by atoms with Gasteiger partial charge in [0.15, 0.2) is 0 Å². The molecule has 4 heteroatoms. The van der Waals surface area contributed by atoms with Gasteiger partial charge < -0.3 is 15.0 Å². The van der Waals surface area contributed by atoms with Crippen LogP contribution in [0.15, 0.2) is 12.1 Å². The molecule has 1 aliphatic heterocycles. The number of hydrogen-bond acceptors (Lipinski definition) is 3. The Bertz CT molecular complexity index is 222. The zero-order valence-electron chi connectivity index (χ0n) is 9.59. The molecule has 1 heterocycles. The van der Waals surface area contributed by atoms with Gasteiger partial charge in [0.1, 0.15) is 0 Å². The van der Waals surface area contributed by atoms with Crippen molar-refractivity contribution in [3.8, 4) is 0 Å². The first-order valence-electron chi connectivity index (χ1n) is 5.03. The van der Waals surface area contributed by atoms with Crippen molar-refractivity contribution in [2.24, 2.45) is 5.73 Å². The van der Waals surface area contributed by atoms with E-state index < -0.39 is 0 Å². The molecule has 0 atom stereocenters. The molecule has 0 amide bonds. The predicted octanol–water partition coefficient (Wildman–Crippen LogP) is 1.52. The summed E-state index contributed by atoms with van der Waals surface area (Å²) in [5, 5.41) is 0. The molecule has 3 nitrogen and oxygen atoms in total. The predicted molar refractivity (Wildman–Crippen MR) is 58.9 cm³/mol. The van der Waals surface area contributed by atoms with E-state index in [1.165, 1.54) is 0 Å². The molecule has 0 radical (unpaired) electrons. The molecule has 1 rings (SSSR count). The van der Waals surface area contributed by atoms with Crippen LogP contribution in [0.2, 0.25) is 0 Å². The topological polar surface area (TPSA) is 44.5 Å². The van der Waals surface area contributed by atoms with E-state index in [0.29, 0.717) is 6.54 Å². The van der Waals surface area contributed by atoms with E-state index in [1.807, 2.05) is 27.7 Å². The first kappa shape index (κ1) is 11.8. The first-order chi connectivity index (χ1) is 6.30. The standard InChI is InChI=1S/C10H20BNO2/c1-8(6-7-12)11-13-9(2,3)10(4,5)14-11/h1,6-7,12H2,2-5H3. The van der Waals surface area contributed by atoms with Crippen LogP contribution in [0.1, 0.15) is 34.1 Å². The van der Waals surface area contributed by atoms with Crippen LogP contribution in [0, 0.1) is 0 Å². The van der Waals surface area contributed by atoms with Crippen molar-refractivity contribution in [2.45, 2.75) is 45.3 Å². The lowest BCUT2D eigenvalue weighted by molar-refractivity contribution is 0.00578. The molecule has 80 valence electrons. The highest BCUT2D eigenvalue weighted by Gasteiger charge is 2.51. The van der Waals surface area contributed by atoms with Crippen molar-refractivity contribution in [3.63, 3.8) is 0 Å². The number of hydrogen-bond donors (Lipinski definition) is 1. The highest BCUT2D eigenvalue weighted by atomic mass is 16.7. The average molecular weight is 197 g/mol. The Kier molecular flexibility index (Phi) is 3.09. The monoisotopic (exact) mass is 197 g/mol. The third kappa shape index (κ3) is 2.02. The lowest BCUT2D eigenvalue weighted by Crippen LogP contribution is -2.41. The van der Waals surface area contributed by atoms with Gasteiger partial charge in [0, 0.05) is 0 Å². The van der Waals surface area contributed by atoms with Gasteiger partial charge in [-0.05, 0) is 46.1 Å². The van der Waals surface area contributed by atoms with Gasteiger partial charge in [0.05, 0.1) is 11.2 Å². The van der Waals surface area contributed by atoms with Crippen molar-refractivity contribution in [1.82, 2.24) is 0 Å². The SMILES string of the molecule is C=C(CCN)B1OC(C)(C)C(C)(C)O1. The summed E-state index contributed by atoms with van der Waals surface area (Å²) in [4.78, 5) is 0. The summed E-state index contributed by atoms with van der Waals surface area (Å²) in [5.74, 6) is 0. The Morgan fingerprint density at radius 3 is 2.00 bits per heavy atom. The molecule has 1 fully saturated rings. The van der Waals surface area contributed by atoms with Gasteiger partial charge in [-0.1, -0.05) is 0 Å². The van der Waals surface area contributed by atoms with Gasteiger partial charge >= 0.3 is 7.12 Å². The van der Waals surface area contributed by atoms with Crippen molar-refractivity contribution in [3.05, 3.63) is 12.1 Å². The Morgan fingerprint density at radius 1 is 1.21 bits per heavy atom. The van der Waals surface area contributed by atoms with Crippen LogP contribution < -0.4 is 5.73 Å². The zero-order chi connectivity index (χ0) is 11.0. The molecule has 1 aliphatic rings. The largest absolute Gasteiger partial charge is 0.490 e. The van der Waals surface area contributed by atoms with E-state index in [-0.39, 0.29) is 18.3 Å². The van der Waals surface area contributed by atoms with Crippen molar-refractivity contribution in [2.75, 3.05) is 6.54 Å². The van der Waals surface area contributed by atoms with Crippen molar-refractivity contribution < 1.29 is 9.31 Å². The van der Waals surface area contributed by atoms with Crippen molar-refractivity contribution in [1.29, 1.82) is 0 Å². The second-order valence-electron chi connectivity index (χ2n) is 4.79. The van der Waals surface area contributed by atoms with Crippen LogP contribution in [-0.4, -0.2) is 24.9 Å². The molecule has 0 aromatic carbocycles. The summed E-state index contributed by atoms with van der Waals surface area (Å²) in [6, 6.07) is 0. The summed E-state index contributed by atoms with van der Waals surface area (Å²) in [5.41, 5.74) is 5.82. The zero-order valence-corrected chi connectivity index (χ0v) is 9.59. The van der Waals surface area contributed by atoms with E-state index in [1.54, 1.807) is 0 Å². The normalized spacial score (nSPS) is 23.9. The Hall–Kier alpha value is -0.315. The van der Waals surface area contributed by atoms with Crippen LogP contribution in [0.3, 0.4) is 0 Å². The minimum atomic E-state index is -0.302. The van der Waals surface area contributed by atoms with Crippen molar-refractivity contribution >= 4 is 7.12 Å². The van der Waals surface area contributed by atoms with Gasteiger partial charge in [-0.3, -0.25) is 0 Å². The molecule has 0 unspecified atom stereocenters. The Morgan fingerprint density at radius 2 is 1.64 bits per heavy atom. The quantitative estimate of drug-likeness (QED) is 0.697. The maximum Gasteiger partial charge on any atom is 0.490 e. The van der Waals surface area contributed by atoms with Gasteiger partial charge in [0.2, 0.25) is 0 Å². The molecule has 0 spiro atoms. The second-order valence-corrected chi connectivity index (χ2v) is 4.79. The minimum Gasteiger partial charge on any atom is -0.400 e. The van der Waals surface area contributed by atoms with Crippen LogP contribution in [0.25, 0.3) is 0 Å². The molecular weight excluding hydrogens is 177 g/mol. The summed E-state index contributed by atoms with van der Waals surface area (Å²) < 4.78 is 11.6. The van der Waals surface area contributed by atoms with Crippen LogP contribution in [0.5, 0.6) is 0 Å². The van der Waals surface area contributed by atoms with Gasteiger partial charge in [-0.25, -0.2) is 0 Å². The van der Waals surface area contributed by atoms with Gasteiger partial charge in [0.25, 0.3) is 0 Å². The third-order valence-corrected chi connectivity index (χ3v) is 3.05. The lowest BCUT2D eigenvalue weighted by Gasteiger charge is -2.32. The van der Waals surface area contributed by atoms with Crippen LogP contribution >= 0.6 is 0 Å². The third-order valence-electron chi connectivity index (χ3n) is 3.05.